The molecule has 18 rings (SSSR count). The number of aliphatic hydroxyl groups is 1. The van der Waals surface area contributed by atoms with Gasteiger partial charge in [0.1, 0.15) is 70.8 Å². The zero-order valence-corrected chi connectivity index (χ0v) is 73.5. The monoisotopic (exact) mass is 1710 g/mol. The van der Waals surface area contributed by atoms with Crippen LogP contribution < -0.4 is 33.2 Å². The topological polar surface area (TPSA) is 401 Å². The van der Waals surface area contributed by atoms with Crippen LogP contribution >= 0.6 is 0 Å². The standard InChI is InChI=1S/C33H38N8O3.C32H36N8O2.C32H35N7O2/c1-33(2,3)27-18-25(39-44-27)19-28(43)37-24-8-10-26(11-9-24)41-32-29(31(34)35-20-36-32)30(38-41)23-6-4-21(5-7-23)22-12-14-40(15-13-22)16-17-42;1-32(2,3)26-17-24(38-42-26)18-27(41)36-23-9-11-25(12-10-23)40-31-28(30(33)34-19-35-31)29(37-40)22-7-5-20(6-8-22)21-13-15-39(4)16-14-21;1-32(2,3)26-17-24(38-41-26)18-27(40)36-23-13-15-25(16-14-23)39-31-28(30(33)34-19-35-31)29(37-39)22-11-9-21(10-12-22)20-7-5-4-6-8-20/h4-11,18,20,22,42H,12-17,19H2,1-3H3,(H,37,43)(H2,34,35,36);5-12,17,19,21H,13-16,18H2,1-4H3,(H,36,41)(H2,33,34,35);9-17,19-20H,4-8,18H2,1-3H3,(H,36,40)(H2,33,34,35). The van der Waals surface area contributed by atoms with Gasteiger partial charge in [-0.25, -0.2) is 43.9 Å². The Kier molecular flexibility index (Phi) is 25.4. The lowest BCUT2D eigenvalue weighted by Crippen LogP contribution is -2.34. The van der Waals surface area contributed by atoms with Crippen LogP contribution in [0.5, 0.6) is 0 Å². The number of aliphatic hydroxyl groups excluding tert-OH is 1. The number of rotatable bonds is 20. The van der Waals surface area contributed by atoms with Crippen LogP contribution in [-0.2, 0) is 49.9 Å². The first-order valence-electron chi connectivity index (χ1n) is 43.5. The van der Waals surface area contributed by atoms with Crippen molar-refractivity contribution in [3.8, 4) is 50.8 Å². The molecule has 3 aliphatic rings. The number of β-amino-alcohol motifs (C(OH)–C–C–N with tert-alkyl or cyclic N) is 1. The van der Waals surface area contributed by atoms with E-state index in [1.807, 2.05) is 153 Å². The summed E-state index contributed by atoms with van der Waals surface area (Å²) in [7, 11) is 2.18. The maximum Gasteiger partial charge on any atom is 0.230 e. The van der Waals surface area contributed by atoms with Gasteiger partial charge in [-0.15, -0.1) is 0 Å². The third kappa shape index (κ3) is 20.2. The molecule has 9 aromatic heterocycles. The molecule has 11 heterocycles. The number of hydrogen-bond donors (Lipinski definition) is 7. The molecule has 2 aliphatic heterocycles. The van der Waals surface area contributed by atoms with E-state index in [1.165, 1.54) is 80.6 Å². The van der Waals surface area contributed by atoms with E-state index in [9.17, 15) is 19.5 Å². The van der Waals surface area contributed by atoms with Crippen molar-refractivity contribution in [1.82, 2.24) is 84.5 Å². The van der Waals surface area contributed by atoms with Gasteiger partial charge in [0.05, 0.1) is 76.2 Å². The van der Waals surface area contributed by atoms with Crippen molar-refractivity contribution >= 4 is 85.3 Å². The third-order valence-corrected chi connectivity index (χ3v) is 23.9. The maximum absolute atomic E-state index is 12.7. The normalized spacial score (nSPS) is 14.7. The lowest BCUT2D eigenvalue weighted by Gasteiger charge is -2.31. The smallest absolute Gasteiger partial charge is 0.230 e. The molecule has 15 aromatic rings. The molecule has 0 bridgehead atoms. The lowest BCUT2D eigenvalue weighted by atomic mass is 9.84. The molecule has 3 amide bonds. The van der Waals surface area contributed by atoms with Gasteiger partial charge in [0, 0.05) is 74.7 Å². The van der Waals surface area contributed by atoms with Crippen LogP contribution in [0.3, 0.4) is 0 Å². The Bertz CT molecular complexity index is 6350. The number of nitrogens with two attached hydrogens (primary N) is 3. The fraction of sp³-hybridized carbons (Fsp3) is 0.351. The van der Waals surface area contributed by atoms with Crippen molar-refractivity contribution in [3.63, 3.8) is 0 Å². The molecule has 10 N–H and O–H groups in total. The van der Waals surface area contributed by atoms with Crippen molar-refractivity contribution < 1.29 is 33.1 Å². The van der Waals surface area contributed by atoms with Crippen molar-refractivity contribution in [1.29, 1.82) is 0 Å². The van der Waals surface area contributed by atoms with Gasteiger partial charge in [-0.05, 0) is 179 Å². The highest BCUT2D eigenvalue weighted by Crippen LogP contribution is 2.41. The number of benzene rings is 6. The minimum Gasteiger partial charge on any atom is -0.395 e. The van der Waals surface area contributed by atoms with Gasteiger partial charge in [0.15, 0.2) is 16.9 Å². The number of anilines is 6. The highest BCUT2D eigenvalue weighted by Gasteiger charge is 2.29. The highest BCUT2D eigenvalue weighted by molar-refractivity contribution is 6.02. The van der Waals surface area contributed by atoms with Crippen LogP contribution in [-0.4, -0.2) is 154 Å². The molecule has 6 aromatic carbocycles. The average molecular weight is 1710 g/mol. The van der Waals surface area contributed by atoms with E-state index in [-0.39, 0.29) is 59.8 Å². The van der Waals surface area contributed by atoms with Gasteiger partial charge in [-0.1, -0.05) is 170 Å². The summed E-state index contributed by atoms with van der Waals surface area (Å²) in [5, 5.41) is 47.1. The first-order chi connectivity index (χ1) is 61.1. The second-order valence-corrected chi connectivity index (χ2v) is 36.4. The molecule has 1 aliphatic carbocycles. The molecule has 127 heavy (non-hydrogen) atoms. The summed E-state index contributed by atoms with van der Waals surface area (Å²) in [6.07, 6.45) is 15.7. The number of fused-ring (bicyclic) bond motifs is 3. The Balaban J connectivity index is 0.000000140. The molecular formula is C97H109N23O7. The largest absolute Gasteiger partial charge is 0.395 e. The molecule has 0 spiro atoms. The van der Waals surface area contributed by atoms with Crippen molar-refractivity contribution in [2.75, 3.05) is 79.5 Å². The number of likely N-dealkylation sites (tertiary alicyclic amines) is 2. The highest BCUT2D eigenvalue weighted by atomic mass is 16.5. The minimum atomic E-state index is -0.182. The van der Waals surface area contributed by atoms with E-state index >= 15 is 0 Å². The van der Waals surface area contributed by atoms with Gasteiger partial charge in [-0.2, -0.15) is 15.3 Å². The van der Waals surface area contributed by atoms with Gasteiger partial charge in [0.2, 0.25) is 17.7 Å². The molecule has 2 saturated heterocycles. The maximum atomic E-state index is 12.7. The molecular weight excluding hydrogens is 1600 g/mol. The van der Waals surface area contributed by atoms with Gasteiger partial charge >= 0.3 is 0 Å². The predicted molar refractivity (Wildman–Crippen MR) is 493 cm³/mol. The second-order valence-electron chi connectivity index (χ2n) is 36.4. The summed E-state index contributed by atoms with van der Waals surface area (Å²) in [4.78, 5) is 69.0. The zero-order valence-electron chi connectivity index (χ0n) is 73.5. The molecule has 30 nitrogen and oxygen atoms in total. The van der Waals surface area contributed by atoms with E-state index < -0.39 is 0 Å². The lowest BCUT2D eigenvalue weighted by molar-refractivity contribution is -0.116. The molecule has 3 fully saturated rings. The molecule has 0 radical (unpaired) electrons. The minimum absolute atomic E-state index is 0.117. The van der Waals surface area contributed by atoms with E-state index in [0.29, 0.717) is 103 Å². The first kappa shape index (κ1) is 86.8. The second kappa shape index (κ2) is 37.2. The fourth-order valence-electron chi connectivity index (χ4n) is 16.6. The SMILES string of the molecule is CC(C)(C)c1cc(CC(=O)Nc2ccc(-n3nc(-c4ccc(C5CCCCC5)cc4)c4c(N)ncnc43)cc2)no1.CC(C)(C)c1cc(CC(=O)Nc2ccc(-n3nc(-c4ccc(C5CCN(CCO)CC5)cc4)c4c(N)ncnc43)cc2)no1.CN1CCC(c2ccc(-c3nn(-c4ccc(NC(=O)Cc5cc(C(C)(C)C)on5)cc4)c4ncnc(N)c34)cc2)CC1. The number of carbonyl (C=O) groups is 3. The fourth-order valence-corrected chi connectivity index (χ4v) is 16.6. The summed E-state index contributed by atoms with van der Waals surface area (Å²) in [5.41, 5.74) is 35.6. The van der Waals surface area contributed by atoms with Crippen molar-refractivity contribution in [2.24, 2.45) is 0 Å². The Hall–Kier alpha value is -13.7. The number of hydrogen-bond acceptors (Lipinski definition) is 24. The first-order valence-corrected chi connectivity index (χ1v) is 43.5. The van der Waals surface area contributed by atoms with E-state index in [2.05, 4.69) is 151 Å². The number of nitrogen functional groups attached to an aromatic ring is 3. The number of amides is 3. The number of nitrogens with one attached hydrogen (secondary N) is 3. The molecule has 654 valence electrons. The van der Waals surface area contributed by atoms with E-state index in [0.717, 1.165) is 113 Å². The molecule has 0 unspecified atom stereocenters. The van der Waals surface area contributed by atoms with Gasteiger partial charge < -0.3 is 61.6 Å². The number of nitrogens with zero attached hydrogens (tertiary/aromatic N) is 17. The number of aromatic nitrogens is 15. The summed E-state index contributed by atoms with van der Waals surface area (Å²) in [6.45, 7) is 23.5. The van der Waals surface area contributed by atoms with Crippen LogP contribution in [0.15, 0.2) is 196 Å². The summed E-state index contributed by atoms with van der Waals surface area (Å²) in [5.74, 6) is 4.56. The molecule has 30 heteroatoms. The Morgan fingerprint density at radius 1 is 0.394 bits per heavy atom. The number of piperidine rings is 2. The average Bonchev–Trinajstić information content (AvgIpc) is 1.62. The van der Waals surface area contributed by atoms with Crippen LogP contribution in [0.4, 0.5) is 34.5 Å². The number of carbonyl (C=O) groups excluding carboxylic acids is 3. The Morgan fingerprint density at radius 3 is 0.969 bits per heavy atom. The van der Waals surface area contributed by atoms with Crippen LogP contribution in [0, 0.1) is 0 Å². The molecule has 0 atom stereocenters. The predicted octanol–water partition coefficient (Wildman–Crippen LogP) is 16.6. The van der Waals surface area contributed by atoms with Crippen LogP contribution in [0.1, 0.15) is 189 Å². The van der Waals surface area contributed by atoms with Crippen molar-refractivity contribution in [2.45, 2.75) is 173 Å². The van der Waals surface area contributed by atoms with Crippen LogP contribution in [0.2, 0.25) is 0 Å². The summed E-state index contributed by atoms with van der Waals surface area (Å²) >= 11 is 0. The Labute approximate surface area is 736 Å². The van der Waals surface area contributed by atoms with Gasteiger partial charge in [-0.3, -0.25) is 14.4 Å². The Morgan fingerprint density at radius 2 is 0.685 bits per heavy atom. The van der Waals surface area contributed by atoms with E-state index in [4.69, 9.17) is 46.1 Å². The van der Waals surface area contributed by atoms with Crippen molar-refractivity contribution in [3.05, 3.63) is 234 Å². The zero-order chi connectivity index (χ0) is 88.8. The summed E-state index contributed by atoms with van der Waals surface area (Å²) in [6, 6.07) is 53.7. The van der Waals surface area contributed by atoms with Gasteiger partial charge in [0.25, 0.3) is 0 Å². The van der Waals surface area contributed by atoms with E-state index in [1.54, 1.807) is 14.0 Å². The third-order valence-electron chi connectivity index (χ3n) is 23.9. The van der Waals surface area contributed by atoms with Crippen LogP contribution in [0.25, 0.3) is 83.9 Å². The summed E-state index contributed by atoms with van der Waals surface area (Å²) < 4.78 is 21.5. The molecule has 1 saturated carbocycles. The quantitative estimate of drug-likeness (QED) is 0.0372.